The van der Waals surface area contributed by atoms with Gasteiger partial charge in [-0.1, -0.05) is 18.2 Å². The minimum Gasteiger partial charge on any atom is -0.493 e. The molecule has 3 rings (SSSR count). The van der Waals surface area contributed by atoms with Gasteiger partial charge < -0.3 is 9.64 Å². The Morgan fingerprint density at radius 2 is 2.21 bits per heavy atom. The zero-order valence-corrected chi connectivity index (χ0v) is 12.1. The Morgan fingerprint density at radius 3 is 3.11 bits per heavy atom. The molecule has 0 aliphatic carbocycles. The number of para-hydroxylation sites is 1. The van der Waals surface area contributed by atoms with E-state index in [9.17, 15) is 0 Å². The number of benzene rings is 1. The Bertz CT molecular complexity index is 421. The van der Waals surface area contributed by atoms with Crippen molar-refractivity contribution in [3.05, 3.63) is 29.8 Å². The first-order valence-electron chi connectivity index (χ1n) is 7.37. The number of fused-ring (bicyclic) bond motifs is 1. The Kier molecular flexibility index (Phi) is 4.29. The average molecular weight is 280 g/mol. The zero-order chi connectivity index (χ0) is 13.1. The summed E-state index contributed by atoms with van der Waals surface area (Å²) in [6, 6.07) is 8.47. The van der Waals surface area contributed by atoms with E-state index in [1.54, 1.807) is 0 Å². The van der Waals surface area contributed by atoms with Gasteiger partial charge in [0.2, 0.25) is 0 Å². The van der Waals surface area contributed by atoms with Gasteiger partial charge in [-0.05, 0) is 37.8 Å². The predicted octanol–water partition coefficient (Wildman–Crippen LogP) is 3.50. The molecule has 1 aromatic carbocycles. The van der Waals surface area contributed by atoms with Crippen LogP contribution in [0.5, 0.6) is 5.75 Å². The fraction of sp³-hybridized carbons (Fsp3) is 0.625. The highest BCUT2D eigenvalue weighted by Crippen LogP contribution is 2.34. The van der Waals surface area contributed by atoms with Crippen molar-refractivity contribution in [3.63, 3.8) is 0 Å². The second-order valence-electron chi connectivity index (χ2n) is 5.79. The maximum atomic E-state index is 5.88. The topological polar surface area (TPSA) is 12.5 Å². The summed E-state index contributed by atoms with van der Waals surface area (Å²) in [7, 11) is 0. The van der Waals surface area contributed by atoms with Crippen LogP contribution in [0.1, 0.15) is 30.7 Å². The third kappa shape index (κ3) is 3.06. The van der Waals surface area contributed by atoms with Gasteiger partial charge in [0, 0.05) is 30.5 Å². The van der Waals surface area contributed by atoms with Crippen LogP contribution in [-0.4, -0.2) is 37.0 Å². The molecular weight excluding hydrogens is 258 g/mol. The smallest absolute Gasteiger partial charge is 0.122 e. The predicted molar refractivity (Wildman–Crippen MR) is 79.2 cm³/mol. The van der Waals surface area contributed by atoms with Crippen LogP contribution in [0, 0.1) is 5.92 Å². The zero-order valence-electron chi connectivity index (χ0n) is 11.4. The van der Waals surface area contributed by atoms with Crippen molar-refractivity contribution >= 4 is 11.6 Å². The second kappa shape index (κ2) is 6.15. The van der Waals surface area contributed by atoms with Gasteiger partial charge in [-0.2, -0.15) is 0 Å². The van der Waals surface area contributed by atoms with Gasteiger partial charge in [0.15, 0.2) is 0 Å². The van der Waals surface area contributed by atoms with Crippen LogP contribution in [0.2, 0.25) is 0 Å². The molecule has 19 heavy (non-hydrogen) atoms. The standard InChI is InChI=1S/C16H22ClNO/c17-8-7-13-4-3-9-18(10-13)11-14-12-19-16-6-2-1-5-15(14)16/h1-2,5-6,13-14H,3-4,7-12H2. The number of hydrogen-bond donors (Lipinski definition) is 0. The Hall–Kier alpha value is -0.730. The maximum Gasteiger partial charge on any atom is 0.122 e. The Labute approximate surface area is 120 Å². The molecule has 1 aromatic rings. The van der Waals surface area contributed by atoms with Crippen LogP contribution in [0.25, 0.3) is 0 Å². The lowest BCUT2D eigenvalue weighted by atomic mass is 9.93. The number of hydrogen-bond acceptors (Lipinski definition) is 2. The Morgan fingerprint density at radius 1 is 1.32 bits per heavy atom. The van der Waals surface area contributed by atoms with E-state index in [1.807, 2.05) is 0 Å². The van der Waals surface area contributed by atoms with E-state index < -0.39 is 0 Å². The summed E-state index contributed by atoms with van der Waals surface area (Å²) in [5.41, 5.74) is 1.39. The van der Waals surface area contributed by atoms with Gasteiger partial charge in [0.1, 0.15) is 5.75 Å². The van der Waals surface area contributed by atoms with Crippen LogP contribution in [0.3, 0.4) is 0 Å². The number of ether oxygens (including phenoxy) is 1. The van der Waals surface area contributed by atoms with Crippen molar-refractivity contribution in [2.24, 2.45) is 5.92 Å². The lowest BCUT2D eigenvalue weighted by Crippen LogP contribution is -2.38. The molecule has 3 heteroatoms. The first kappa shape index (κ1) is 13.3. The summed E-state index contributed by atoms with van der Waals surface area (Å²) in [5, 5.41) is 0. The van der Waals surface area contributed by atoms with Crippen LogP contribution in [-0.2, 0) is 0 Å². The summed E-state index contributed by atoms with van der Waals surface area (Å²) in [6.07, 6.45) is 3.83. The summed E-state index contributed by atoms with van der Waals surface area (Å²) < 4.78 is 5.78. The summed E-state index contributed by atoms with van der Waals surface area (Å²) in [6.45, 7) is 4.43. The monoisotopic (exact) mass is 279 g/mol. The minimum absolute atomic E-state index is 0.547. The number of likely N-dealkylation sites (tertiary alicyclic amines) is 1. The first-order valence-corrected chi connectivity index (χ1v) is 7.90. The third-order valence-electron chi connectivity index (χ3n) is 4.40. The van der Waals surface area contributed by atoms with Crippen molar-refractivity contribution in [1.82, 2.24) is 4.90 Å². The molecule has 0 saturated carbocycles. The molecule has 2 heterocycles. The first-order chi connectivity index (χ1) is 9.36. The lowest BCUT2D eigenvalue weighted by Gasteiger charge is -2.33. The third-order valence-corrected chi connectivity index (χ3v) is 4.62. The van der Waals surface area contributed by atoms with Gasteiger partial charge in [-0.3, -0.25) is 0 Å². The van der Waals surface area contributed by atoms with E-state index in [-0.39, 0.29) is 0 Å². The number of rotatable bonds is 4. The molecule has 2 aliphatic heterocycles. The molecule has 0 radical (unpaired) electrons. The Balaban J connectivity index is 1.60. The normalized spacial score (nSPS) is 27.0. The number of piperidine rings is 1. The van der Waals surface area contributed by atoms with E-state index in [0.29, 0.717) is 5.92 Å². The van der Waals surface area contributed by atoms with Crippen LogP contribution in [0.15, 0.2) is 24.3 Å². The number of halogens is 1. The molecule has 104 valence electrons. The van der Waals surface area contributed by atoms with Gasteiger partial charge >= 0.3 is 0 Å². The summed E-state index contributed by atoms with van der Waals surface area (Å²) in [5.74, 6) is 3.23. The van der Waals surface area contributed by atoms with Gasteiger partial charge in [-0.15, -0.1) is 11.6 Å². The van der Waals surface area contributed by atoms with Crippen LogP contribution in [0.4, 0.5) is 0 Å². The molecular formula is C16H22ClNO. The van der Waals surface area contributed by atoms with E-state index in [0.717, 1.165) is 37.1 Å². The van der Waals surface area contributed by atoms with Crippen molar-refractivity contribution in [2.45, 2.75) is 25.2 Å². The van der Waals surface area contributed by atoms with Crippen molar-refractivity contribution < 1.29 is 4.74 Å². The maximum absolute atomic E-state index is 5.88. The lowest BCUT2D eigenvalue weighted by molar-refractivity contribution is 0.156. The fourth-order valence-electron chi connectivity index (χ4n) is 3.40. The van der Waals surface area contributed by atoms with E-state index in [1.165, 1.54) is 31.5 Å². The molecule has 1 saturated heterocycles. The molecule has 1 fully saturated rings. The fourth-order valence-corrected chi connectivity index (χ4v) is 3.71. The van der Waals surface area contributed by atoms with Crippen LogP contribution < -0.4 is 4.74 Å². The molecule has 2 atom stereocenters. The van der Waals surface area contributed by atoms with E-state index >= 15 is 0 Å². The van der Waals surface area contributed by atoms with Gasteiger partial charge in [0.05, 0.1) is 6.61 Å². The summed E-state index contributed by atoms with van der Waals surface area (Å²) in [4.78, 5) is 2.61. The molecule has 2 nitrogen and oxygen atoms in total. The summed E-state index contributed by atoms with van der Waals surface area (Å²) >= 11 is 5.88. The molecule has 0 bridgehead atoms. The molecule has 0 spiro atoms. The SMILES string of the molecule is ClCCC1CCCN(CC2COc3ccccc32)C1. The van der Waals surface area contributed by atoms with Crippen molar-refractivity contribution in [1.29, 1.82) is 0 Å². The number of alkyl halides is 1. The highest BCUT2D eigenvalue weighted by atomic mass is 35.5. The largest absolute Gasteiger partial charge is 0.493 e. The second-order valence-corrected chi connectivity index (χ2v) is 6.17. The molecule has 2 aliphatic rings. The molecule has 2 unspecified atom stereocenters. The highest BCUT2D eigenvalue weighted by molar-refractivity contribution is 6.17. The average Bonchev–Trinajstić information content (AvgIpc) is 2.83. The minimum atomic E-state index is 0.547. The van der Waals surface area contributed by atoms with E-state index in [2.05, 4.69) is 29.2 Å². The van der Waals surface area contributed by atoms with Gasteiger partial charge in [0.25, 0.3) is 0 Å². The quantitative estimate of drug-likeness (QED) is 0.782. The van der Waals surface area contributed by atoms with Crippen molar-refractivity contribution in [3.8, 4) is 5.75 Å². The molecule has 0 aromatic heterocycles. The molecule has 0 amide bonds. The van der Waals surface area contributed by atoms with E-state index in [4.69, 9.17) is 16.3 Å². The highest BCUT2D eigenvalue weighted by Gasteiger charge is 2.28. The van der Waals surface area contributed by atoms with Crippen LogP contribution >= 0.6 is 11.6 Å². The number of nitrogens with zero attached hydrogens (tertiary/aromatic N) is 1. The van der Waals surface area contributed by atoms with Crippen molar-refractivity contribution in [2.75, 3.05) is 32.1 Å². The molecule has 0 N–H and O–H groups in total. The van der Waals surface area contributed by atoms with Gasteiger partial charge in [-0.25, -0.2) is 0 Å².